The Morgan fingerprint density at radius 1 is 0.909 bits per heavy atom. The molecule has 0 spiro atoms. The van der Waals surface area contributed by atoms with Gasteiger partial charge in [-0.05, 0) is 73.2 Å². The molecule has 7 heteroatoms. The molecule has 33 heavy (non-hydrogen) atoms. The molecule has 1 N–H and O–H groups in total. The number of Topliss-reactive ketones (excluding diaryl/α,β-unsaturated/α-hetero) is 2. The summed E-state index contributed by atoms with van der Waals surface area (Å²) in [7, 11) is 1.54. The second-order valence-corrected chi connectivity index (χ2v) is 7.99. The first-order valence-electron chi connectivity index (χ1n) is 10.1. The van der Waals surface area contributed by atoms with Crippen molar-refractivity contribution < 1.29 is 24.2 Å². The molecular weight excluding hydrogens is 442 g/mol. The number of aliphatic hydroxyl groups is 1. The zero-order valence-corrected chi connectivity index (χ0v) is 18.7. The molecule has 166 valence electrons. The number of halogens is 1. The van der Waals surface area contributed by atoms with E-state index < -0.39 is 17.7 Å². The van der Waals surface area contributed by atoms with E-state index >= 15 is 0 Å². The maximum atomic E-state index is 13.2. The van der Waals surface area contributed by atoms with Crippen LogP contribution in [0, 0.1) is 0 Å². The number of nitrogens with zero attached hydrogens (tertiary/aromatic N) is 1. The summed E-state index contributed by atoms with van der Waals surface area (Å²) in [6, 6.07) is 18.8. The molecule has 1 amide bonds. The molecule has 1 saturated heterocycles. The molecule has 3 aromatic rings. The fourth-order valence-electron chi connectivity index (χ4n) is 3.82. The molecule has 0 aliphatic carbocycles. The van der Waals surface area contributed by atoms with Crippen LogP contribution in [0.2, 0.25) is 5.02 Å². The minimum Gasteiger partial charge on any atom is -0.507 e. The van der Waals surface area contributed by atoms with Crippen molar-refractivity contribution >= 4 is 40.5 Å². The fraction of sp³-hybridized carbons (Fsp3) is 0.115. The molecule has 0 saturated carbocycles. The lowest BCUT2D eigenvalue weighted by atomic mass is 9.95. The summed E-state index contributed by atoms with van der Waals surface area (Å²) in [6.07, 6.45) is 0. The van der Waals surface area contributed by atoms with E-state index in [9.17, 15) is 19.5 Å². The normalized spacial score (nSPS) is 17.3. The number of hydrogen-bond donors (Lipinski definition) is 1. The van der Waals surface area contributed by atoms with Crippen molar-refractivity contribution in [2.45, 2.75) is 13.0 Å². The Kier molecular flexibility index (Phi) is 6.03. The van der Waals surface area contributed by atoms with Crippen molar-refractivity contribution in [2.24, 2.45) is 0 Å². The maximum absolute atomic E-state index is 13.2. The van der Waals surface area contributed by atoms with Crippen LogP contribution in [0.15, 0.2) is 78.4 Å². The van der Waals surface area contributed by atoms with E-state index in [1.807, 2.05) is 0 Å². The molecule has 0 radical (unpaired) electrons. The van der Waals surface area contributed by atoms with E-state index in [0.717, 1.165) is 0 Å². The summed E-state index contributed by atoms with van der Waals surface area (Å²) >= 11 is 5.96. The van der Waals surface area contributed by atoms with Crippen LogP contribution >= 0.6 is 11.6 Å². The van der Waals surface area contributed by atoms with Crippen LogP contribution < -0.4 is 9.64 Å². The molecule has 1 heterocycles. The topological polar surface area (TPSA) is 83.9 Å². The van der Waals surface area contributed by atoms with E-state index in [2.05, 4.69) is 0 Å². The number of ketones is 2. The minimum atomic E-state index is -0.880. The smallest absolute Gasteiger partial charge is 0.300 e. The molecule has 1 atom stereocenters. The van der Waals surface area contributed by atoms with Gasteiger partial charge in [0, 0.05) is 21.8 Å². The van der Waals surface area contributed by atoms with Crippen LogP contribution in [-0.4, -0.2) is 29.7 Å². The Hall–Kier alpha value is -3.90. The first-order chi connectivity index (χ1) is 15.8. The summed E-state index contributed by atoms with van der Waals surface area (Å²) in [5.41, 5.74) is 1.85. The van der Waals surface area contributed by atoms with E-state index in [1.165, 1.54) is 18.9 Å². The predicted octanol–water partition coefficient (Wildman–Crippen LogP) is 5.18. The van der Waals surface area contributed by atoms with Crippen LogP contribution in [0.4, 0.5) is 5.69 Å². The van der Waals surface area contributed by atoms with Gasteiger partial charge in [0.15, 0.2) is 5.78 Å². The largest absolute Gasteiger partial charge is 0.507 e. The second kappa shape index (κ2) is 8.92. The highest BCUT2D eigenvalue weighted by Gasteiger charge is 2.47. The van der Waals surface area contributed by atoms with Crippen molar-refractivity contribution in [1.29, 1.82) is 0 Å². The molecule has 1 unspecified atom stereocenters. The van der Waals surface area contributed by atoms with Crippen LogP contribution in [0.3, 0.4) is 0 Å². The first kappa shape index (κ1) is 22.3. The molecular formula is C26H20ClNO5. The number of carbonyl (C=O) groups is 3. The van der Waals surface area contributed by atoms with E-state index in [0.29, 0.717) is 33.1 Å². The average Bonchev–Trinajstić information content (AvgIpc) is 3.09. The van der Waals surface area contributed by atoms with Crippen LogP contribution in [-0.2, 0) is 9.59 Å². The van der Waals surface area contributed by atoms with Gasteiger partial charge in [0.2, 0.25) is 0 Å². The van der Waals surface area contributed by atoms with Gasteiger partial charge in [-0.15, -0.1) is 0 Å². The third-order valence-corrected chi connectivity index (χ3v) is 5.80. The second-order valence-electron chi connectivity index (χ2n) is 7.55. The van der Waals surface area contributed by atoms with Gasteiger partial charge in [-0.3, -0.25) is 19.3 Å². The monoisotopic (exact) mass is 461 g/mol. The highest BCUT2D eigenvalue weighted by Crippen LogP contribution is 2.42. The number of hydrogen-bond acceptors (Lipinski definition) is 5. The van der Waals surface area contributed by atoms with Gasteiger partial charge in [-0.25, -0.2) is 0 Å². The van der Waals surface area contributed by atoms with Gasteiger partial charge in [0.1, 0.15) is 11.5 Å². The number of amides is 1. The highest BCUT2D eigenvalue weighted by atomic mass is 35.5. The van der Waals surface area contributed by atoms with Gasteiger partial charge < -0.3 is 9.84 Å². The summed E-state index contributed by atoms with van der Waals surface area (Å²) < 4.78 is 5.22. The average molecular weight is 462 g/mol. The Balaban J connectivity index is 1.90. The highest BCUT2D eigenvalue weighted by molar-refractivity contribution is 6.51. The maximum Gasteiger partial charge on any atom is 0.300 e. The first-order valence-corrected chi connectivity index (χ1v) is 10.5. The van der Waals surface area contributed by atoms with Gasteiger partial charge in [0.25, 0.3) is 11.7 Å². The predicted molar refractivity (Wildman–Crippen MR) is 126 cm³/mol. The molecule has 3 aromatic carbocycles. The number of anilines is 1. The lowest BCUT2D eigenvalue weighted by Gasteiger charge is -2.25. The lowest BCUT2D eigenvalue weighted by Crippen LogP contribution is -2.29. The third-order valence-electron chi connectivity index (χ3n) is 5.55. The fourth-order valence-corrected chi connectivity index (χ4v) is 3.95. The summed E-state index contributed by atoms with van der Waals surface area (Å²) in [5.74, 6) is -1.38. The Morgan fingerprint density at radius 2 is 1.48 bits per heavy atom. The van der Waals surface area contributed by atoms with E-state index in [4.69, 9.17) is 16.3 Å². The quantitative estimate of drug-likeness (QED) is 0.245. The molecule has 0 aromatic heterocycles. The zero-order chi connectivity index (χ0) is 23.7. The van der Waals surface area contributed by atoms with E-state index in [1.54, 1.807) is 72.8 Å². The SMILES string of the molecule is COc1ccc(C2C(=C(O)c3ccc(Cl)cc3)C(=O)C(=O)N2c2ccc(C(C)=O)cc2)cc1. The number of rotatable bonds is 5. The summed E-state index contributed by atoms with van der Waals surface area (Å²) in [6.45, 7) is 1.45. The lowest BCUT2D eigenvalue weighted by molar-refractivity contribution is -0.132. The number of methoxy groups -OCH3 is 1. The van der Waals surface area contributed by atoms with Crippen molar-refractivity contribution in [3.8, 4) is 5.75 Å². The van der Waals surface area contributed by atoms with Gasteiger partial charge >= 0.3 is 0 Å². The number of aliphatic hydroxyl groups excluding tert-OH is 1. The summed E-state index contributed by atoms with van der Waals surface area (Å²) in [5, 5.41) is 11.6. The number of benzene rings is 3. The Morgan fingerprint density at radius 3 is 2.03 bits per heavy atom. The van der Waals surface area contributed by atoms with Crippen LogP contribution in [0.1, 0.15) is 34.5 Å². The minimum absolute atomic E-state index is 0.0388. The molecule has 1 aliphatic heterocycles. The van der Waals surface area contributed by atoms with Crippen molar-refractivity contribution in [1.82, 2.24) is 0 Å². The van der Waals surface area contributed by atoms with Crippen molar-refractivity contribution in [3.05, 3.63) is 100 Å². The Labute approximate surface area is 195 Å². The van der Waals surface area contributed by atoms with Crippen molar-refractivity contribution in [3.63, 3.8) is 0 Å². The van der Waals surface area contributed by atoms with Crippen molar-refractivity contribution in [2.75, 3.05) is 12.0 Å². The molecule has 1 fully saturated rings. The number of ether oxygens (including phenoxy) is 1. The van der Waals surface area contributed by atoms with Gasteiger partial charge in [-0.2, -0.15) is 0 Å². The van der Waals surface area contributed by atoms with Crippen LogP contribution in [0.25, 0.3) is 5.76 Å². The molecule has 4 rings (SSSR count). The van der Waals surface area contributed by atoms with Gasteiger partial charge in [-0.1, -0.05) is 23.7 Å². The summed E-state index contributed by atoms with van der Waals surface area (Å²) in [4.78, 5) is 39.3. The molecule has 1 aliphatic rings. The molecule has 6 nitrogen and oxygen atoms in total. The van der Waals surface area contributed by atoms with E-state index in [-0.39, 0.29) is 17.1 Å². The molecule has 0 bridgehead atoms. The zero-order valence-electron chi connectivity index (χ0n) is 17.9. The number of carbonyl (C=O) groups excluding carboxylic acids is 3. The standard InChI is InChI=1S/C26H20ClNO5/c1-15(29)16-5-11-20(12-6-16)28-23(17-7-13-21(33-2)14-8-17)22(25(31)26(28)32)24(30)18-3-9-19(27)10-4-18/h3-14,23,30H,1-2H3. The van der Waals surface area contributed by atoms with Crippen LogP contribution in [0.5, 0.6) is 5.75 Å². The van der Waals surface area contributed by atoms with Gasteiger partial charge in [0.05, 0.1) is 18.7 Å². The Bertz CT molecular complexity index is 1260. The third kappa shape index (κ3) is 4.13.